The first-order valence-corrected chi connectivity index (χ1v) is 10.2. The SMILES string of the molecule is CCOC(=O)c1cc(C#N)cc(C)c1NC(=O)C1([N+]2(C)CCCCCC2)CC1. The molecule has 0 radical (unpaired) electrons. The normalized spacial score (nSPS) is 19.8. The van der Waals surface area contributed by atoms with Crippen LogP contribution in [0.3, 0.4) is 0 Å². The smallest absolute Gasteiger partial charge is 0.340 e. The molecule has 2 aliphatic rings. The predicted octanol–water partition coefficient (Wildman–Crippen LogP) is 3.54. The van der Waals surface area contributed by atoms with E-state index < -0.39 is 11.5 Å². The maximum atomic E-state index is 13.4. The van der Waals surface area contributed by atoms with Crippen LogP contribution in [0.15, 0.2) is 12.1 Å². The molecule has 1 aliphatic heterocycles. The first-order chi connectivity index (χ1) is 13.4. The van der Waals surface area contributed by atoms with Gasteiger partial charge >= 0.3 is 5.97 Å². The van der Waals surface area contributed by atoms with Crippen molar-refractivity contribution in [2.75, 3.05) is 32.1 Å². The predicted molar refractivity (Wildman–Crippen MR) is 107 cm³/mol. The summed E-state index contributed by atoms with van der Waals surface area (Å²) in [6.07, 6.45) is 6.50. The molecule has 1 aliphatic carbocycles. The number of rotatable bonds is 5. The molecule has 150 valence electrons. The number of anilines is 1. The van der Waals surface area contributed by atoms with E-state index in [4.69, 9.17) is 4.74 Å². The van der Waals surface area contributed by atoms with Crippen LogP contribution < -0.4 is 5.32 Å². The van der Waals surface area contributed by atoms with Gasteiger partial charge in [-0.05, 0) is 57.2 Å². The van der Waals surface area contributed by atoms with Gasteiger partial charge in [0.05, 0.1) is 49.6 Å². The number of hydrogen-bond acceptors (Lipinski definition) is 4. The molecular weight excluding hydrogens is 354 g/mol. The molecule has 0 unspecified atom stereocenters. The first kappa shape index (κ1) is 20.3. The molecule has 1 aromatic carbocycles. The number of nitrogens with zero attached hydrogens (tertiary/aromatic N) is 2. The number of esters is 1. The number of quaternary nitrogens is 1. The Hall–Kier alpha value is -2.39. The van der Waals surface area contributed by atoms with E-state index in [1.54, 1.807) is 19.9 Å². The quantitative estimate of drug-likeness (QED) is 0.622. The van der Waals surface area contributed by atoms with Crippen molar-refractivity contribution in [2.24, 2.45) is 0 Å². The summed E-state index contributed by atoms with van der Waals surface area (Å²) >= 11 is 0. The maximum Gasteiger partial charge on any atom is 0.340 e. The Morgan fingerprint density at radius 1 is 1.21 bits per heavy atom. The molecule has 1 amide bonds. The van der Waals surface area contributed by atoms with Crippen molar-refractivity contribution in [3.05, 3.63) is 28.8 Å². The molecule has 1 N–H and O–H groups in total. The molecule has 6 nitrogen and oxygen atoms in total. The number of likely N-dealkylation sites (N-methyl/N-ethyl adjacent to an activating group) is 1. The molecule has 0 atom stereocenters. The number of benzene rings is 1. The van der Waals surface area contributed by atoms with E-state index in [1.807, 2.05) is 0 Å². The highest BCUT2D eigenvalue weighted by atomic mass is 16.5. The van der Waals surface area contributed by atoms with Crippen LogP contribution in [-0.4, -0.2) is 48.6 Å². The molecule has 1 saturated heterocycles. The largest absolute Gasteiger partial charge is 0.462 e. The zero-order valence-electron chi connectivity index (χ0n) is 17.1. The topological polar surface area (TPSA) is 79.2 Å². The van der Waals surface area contributed by atoms with Crippen LogP contribution in [0, 0.1) is 18.3 Å². The highest BCUT2D eigenvalue weighted by Gasteiger charge is 2.63. The van der Waals surface area contributed by atoms with Gasteiger partial charge in [0.1, 0.15) is 0 Å². The van der Waals surface area contributed by atoms with Crippen LogP contribution >= 0.6 is 0 Å². The van der Waals surface area contributed by atoms with Gasteiger partial charge in [-0.1, -0.05) is 0 Å². The van der Waals surface area contributed by atoms with Crippen LogP contribution in [0.25, 0.3) is 0 Å². The van der Waals surface area contributed by atoms with Gasteiger partial charge in [0.15, 0.2) is 5.54 Å². The second kappa shape index (κ2) is 7.92. The summed E-state index contributed by atoms with van der Waals surface area (Å²) in [6.45, 7) is 5.82. The van der Waals surface area contributed by atoms with Gasteiger partial charge in [-0.25, -0.2) is 4.79 Å². The number of hydrogen-bond donors (Lipinski definition) is 1. The molecule has 1 saturated carbocycles. The Bertz CT molecular complexity index is 813. The summed E-state index contributed by atoms with van der Waals surface area (Å²) in [6, 6.07) is 5.27. The van der Waals surface area contributed by atoms with Gasteiger partial charge in [0.2, 0.25) is 0 Å². The fraction of sp³-hybridized carbons (Fsp3) is 0.591. The molecule has 1 aromatic rings. The van der Waals surface area contributed by atoms with E-state index in [2.05, 4.69) is 18.4 Å². The lowest BCUT2D eigenvalue weighted by molar-refractivity contribution is -0.933. The Morgan fingerprint density at radius 2 is 1.86 bits per heavy atom. The van der Waals surface area contributed by atoms with Crippen molar-refractivity contribution < 1.29 is 18.8 Å². The summed E-state index contributed by atoms with van der Waals surface area (Å²) in [5, 5.41) is 12.3. The average Bonchev–Trinajstić information content (AvgIpc) is 3.49. The zero-order chi connectivity index (χ0) is 20.4. The standard InChI is InChI=1S/C22H29N3O3/c1-4-28-20(26)18-14-17(15-23)13-16(2)19(18)24-21(27)22(9-10-22)25(3)11-7-5-6-8-12-25/h13-14H,4-12H2,1-3H3/p+1. The number of carbonyl (C=O) groups is 2. The molecule has 1 heterocycles. The van der Waals surface area contributed by atoms with Crippen molar-refractivity contribution in [1.82, 2.24) is 0 Å². The molecule has 3 rings (SSSR count). The third-order valence-corrected chi connectivity index (χ3v) is 6.43. The van der Waals surface area contributed by atoms with Crippen LogP contribution in [0.2, 0.25) is 0 Å². The third kappa shape index (κ3) is 3.64. The summed E-state index contributed by atoms with van der Waals surface area (Å²) in [5.41, 5.74) is 1.39. The second-order valence-corrected chi connectivity index (χ2v) is 8.29. The lowest BCUT2D eigenvalue weighted by Crippen LogP contribution is -2.60. The fourth-order valence-corrected chi connectivity index (χ4v) is 4.56. The Labute approximate surface area is 167 Å². The van der Waals surface area contributed by atoms with Gasteiger partial charge in [-0.3, -0.25) is 4.79 Å². The highest BCUT2D eigenvalue weighted by Crippen LogP contribution is 2.48. The monoisotopic (exact) mass is 384 g/mol. The molecule has 6 heteroatoms. The van der Waals surface area contributed by atoms with E-state index >= 15 is 0 Å². The van der Waals surface area contributed by atoms with Gasteiger partial charge in [-0.15, -0.1) is 0 Å². The van der Waals surface area contributed by atoms with Crippen LogP contribution in [0.1, 0.15) is 66.9 Å². The van der Waals surface area contributed by atoms with Gasteiger partial charge < -0.3 is 14.5 Å². The van der Waals surface area contributed by atoms with E-state index in [1.165, 1.54) is 18.9 Å². The van der Waals surface area contributed by atoms with E-state index in [0.29, 0.717) is 16.8 Å². The fourth-order valence-electron chi connectivity index (χ4n) is 4.56. The molecule has 0 spiro atoms. The minimum absolute atomic E-state index is 0.0183. The lowest BCUT2D eigenvalue weighted by Gasteiger charge is -2.41. The number of likely N-dealkylation sites (tertiary alicyclic amines) is 1. The van der Waals surface area contributed by atoms with Crippen LogP contribution in [-0.2, 0) is 9.53 Å². The molecule has 28 heavy (non-hydrogen) atoms. The van der Waals surface area contributed by atoms with Crippen molar-refractivity contribution >= 4 is 17.6 Å². The summed E-state index contributed by atoms with van der Waals surface area (Å²) in [4.78, 5) is 25.9. The van der Waals surface area contributed by atoms with Crippen molar-refractivity contribution in [2.45, 2.75) is 57.9 Å². The molecule has 2 fully saturated rings. The van der Waals surface area contributed by atoms with E-state index in [9.17, 15) is 14.9 Å². The van der Waals surface area contributed by atoms with Crippen LogP contribution in [0.5, 0.6) is 0 Å². The minimum Gasteiger partial charge on any atom is -0.462 e. The van der Waals surface area contributed by atoms with E-state index in [0.717, 1.165) is 43.3 Å². The second-order valence-electron chi connectivity index (χ2n) is 8.29. The molecule has 0 aromatic heterocycles. The Balaban J connectivity index is 1.92. The first-order valence-electron chi connectivity index (χ1n) is 10.2. The number of ether oxygens (including phenoxy) is 1. The average molecular weight is 385 g/mol. The maximum absolute atomic E-state index is 13.4. The number of nitrogens with one attached hydrogen (secondary N) is 1. The summed E-state index contributed by atoms with van der Waals surface area (Å²) in [5.74, 6) is -0.534. The van der Waals surface area contributed by atoms with Gasteiger partial charge in [0, 0.05) is 12.8 Å². The summed E-state index contributed by atoms with van der Waals surface area (Å²) in [7, 11) is 2.20. The number of nitriles is 1. The number of amides is 1. The van der Waals surface area contributed by atoms with Crippen molar-refractivity contribution in [1.29, 1.82) is 5.26 Å². The minimum atomic E-state index is -0.516. The van der Waals surface area contributed by atoms with Gasteiger partial charge in [0.25, 0.3) is 5.91 Å². The van der Waals surface area contributed by atoms with Crippen LogP contribution in [0.4, 0.5) is 5.69 Å². The number of aryl methyl sites for hydroxylation is 1. The third-order valence-electron chi connectivity index (χ3n) is 6.43. The lowest BCUT2D eigenvalue weighted by atomic mass is 10.0. The van der Waals surface area contributed by atoms with Crippen molar-refractivity contribution in [3.8, 4) is 6.07 Å². The van der Waals surface area contributed by atoms with E-state index in [-0.39, 0.29) is 18.1 Å². The highest BCUT2D eigenvalue weighted by molar-refractivity contribution is 6.06. The Morgan fingerprint density at radius 3 is 2.39 bits per heavy atom. The molecule has 0 bridgehead atoms. The summed E-state index contributed by atoms with van der Waals surface area (Å²) < 4.78 is 5.94. The van der Waals surface area contributed by atoms with Gasteiger partial charge in [-0.2, -0.15) is 5.26 Å². The van der Waals surface area contributed by atoms with Crippen molar-refractivity contribution in [3.63, 3.8) is 0 Å². The molecular formula is C22H30N3O3+. The number of carbonyl (C=O) groups excluding carboxylic acids is 2. The zero-order valence-corrected chi connectivity index (χ0v) is 17.1. The Kier molecular flexibility index (Phi) is 5.76.